The Morgan fingerprint density at radius 2 is 1.71 bits per heavy atom. The van der Waals surface area contributed by atoms with E-state index in [-0.39, 0.29) is 17.7 Å². The Balaban J connectivity index is 1.38. The van der Waals surface area contributed by atoms with E-state index in [1.807, 2.05) is 24.3 Å². The smallest absolute Gasteiger partial charge is 0.322 e. The first-order valence-electron chi connectivity index (χ1n) is 10.9. The lowest BCUT2D eigenvalue weighted by Gasteiger charge is -2.30. The number of rotatable bonds is 5. The van der Waals surface area contributed by atoms with E-state index in [0.29, 0.717) is 17.5 Å². The third kappa shape index (κ3) is 4.72. The molecule has 5 rings (SSSR count). The lowest BCUT2D eigenvalue weighted by Crippen LogP contribution is -2.44. The Hall–Kier alpha value is -3.92. The first kappa shape index (κ1) is 21.9. The first-order valence-corrected chi connectivity index (χ1v) is 10.9. The number of likely N-dealkylation sites (N-methyl/N-ethyl adjacent to an activating group) is 1. The van der Waals surface area contributed by atoms with Gasteiger partial charge in [-0.05, 0) is 36.9 Å². The number of hydrogen-bond donors (Lipinski definition) is 0. The van der Waals surface area contributed by atoms with Crippen LogP contribution in [0.2, 0.25) is 0 Å². The molecule has 2 aromatic heterocycles. The van der Waals surface area contributed by atoms with Gasteiger partial charge >= 0.3 is 6.01 Å². The highest BCUT2D eigenvalue weighted by atomic mass is 19.1. The summed E-state index contributed by atoms with van der Waals surface area (Å²) in [5.74, 6) is -0.961. The standard InChI is InChI=1S/C24H22F2N6O2/c1-30-7-9-31(10-8-30)24-27-23(29-34-24)17-4-2-3-16(11-17)15-32-22(33)6-5-21(28-32)18-12-19(25)14-20(26)13-18/h2-6,11-14H,7-10,15H2,1H3. The zero-order chi connectivity index (χ0) is 23.7. The topological polar surface area (TPSA) is 80.3 Å². The quantitative estimate of drug-likeness (QED) is 0.449. The van der Waals surface area contributed by atoms with Crippen LogP contribution < -0.4 is 10.5 Å². The fraction of sp³-hybridized carbons (Fsp3) is 0.250. The number of hydrogen-bond acceptors (Lipinski definition) is 7. The predicted octanol–water partition coefficient (Wildman–Crippen LogP) is 3.04. The zero-order valence-corrected chi connectivity index (χ0v) is 18.5. The van der Waals surface area contributed by atoms with Crippen molar-refractivity contribution < 1.29 is 13.3 Å². The molecule has 0 bridgehead atoms. The maximum Gasteiger partial charge on any atom is 0.324 e. The third-order valence-electron chi connectivity index (χ3n) is 5.73. The number of benzene rings is 2. The van der Waals surface area contributed by atoms with Crippen molar-refractivity contribution in [1.29, 1.82) is 0 Å². The maximum absolute atomic E-state index is 13.6. The monoisotopic (exact) mass is 464 g/mol. The molecule has 1 fully saturated rings. The largest absolute Gasteiger partial charge is 0.324 e. The van der Waals surface area contributed by atoms with Crippen LogP contribution in [0.1, 0.15) is 5.56 Å². The molecule has 1 saturated heterocycles. The number of anilines is 1. The van der Waals surface area contributed by atoms with Crippen molar-refractivity contribution in [2.45, 2.75) is 6.54 Å². The van der Waals surface area contributed by atoms with Crippen molar-refractivity contribution in [3.8, 4) is 22.6 Å². The summed E-state index contributed by atoms with van der Waals surface area (Å²) < 4.78 is 34.0. The summed E-state index contributed by atoms with van der Waals surface area (Å²) >= 11 is 0. The minimum absolute atomic E-state index is 0.168. The molecule has 4 aromatic rings. The molecule has 0 unspecified atom stereocenters. The fourth-order valence-electron chi connectivity index (χ4n) is 3.86. The second-order valence-corrected chi connectivity index (χ2v) is 8.26. The van der Waals surface area contributed by atoms with Crippen molar-refractivity contribution in [2.24, 2.45) is 0 Å². The van der Waals surface area contributed by atoms with Crippen molar-refractivity contribution in [2.75, 3.05) is 38.1 Å². The van der Waals surface area contributed by atoms with Gasteiger partial charge in [0.1, 0.15) is 11.6 Å². The van der Waals surface area contributed by atoms with Crippen LogP contribution in [0, 0.1) is 11.6 Å². The highest BCUT2D eigenvalue weighted by Crippen LogP contribution is 2.22. The Morgan fingerprint density at radius 1 is 0.941 bits per heavy atom. The summed E-state index contributed by atoms with van der Waals surface area (Å²) in [5.41, 5.74) is 1.76. The Bertz CT molecular complexity index is 1360. The van der Waals surface area contributed by atoms with Gasteiger partial charge in [0.15, 0.2) is 0 Å². The van der Waals surface area contributed by atoms with Gasteiger partial charge in [0.25, 0.3) is 5.56 Å². The van der Waals surface area contributed by atoms with Crippen molar-refractivity contribution >= 4 is 6.01 Å². The van der Waals surface area contributed by atoms with Crippen LogP contribution in [-0.4, -0.2) is 58.0 Å². The average Bonchev–Trinajstić information content (AvgIpc) is 3.31. The van der Waals surface area contributed by atoms with E-state index in [0.717, 1.165) is 43.4 Å². The van der Waals surface area contributed by atoms with Crippen molar-refractivity contribution in [3.63, 3.8) is 0 Å². The lowest BCUT2D eigenvalue weighted by molar-refractivity contribution is 0.298. The first-order chi connectivity index (χ1) is 16.4. The fourth-order valence-corrected chi connectivity index (χ4v) is 3.86. The molecule has 0 saturated carbocycles. The molecule has 10 heteroatoms. The molecule has 0 amide bonds. The van der Waals surface area contributed by atoms with Crippen LogP contribution in [-0.2, 0) is 6.54 Å². The predicted molar refractivity (Wildman–Crippen MR) is 122 cm³/mol. The zero-order valence-electron chi connectivity index (χ0n) is 18.5. The van der Waals surface area contributed by atoms with Crippen LogP contribution in [0.4, 0.5) is 14.8 Å². The molecule has 0 radical (unpaired) electrons. The molecule has 34 heavy (non-hydrogen) atoms. The van der Waals surface area contributed by atoms with Crippen molar-refractivity contribution in [1.82, 2.24) is 24.8 Å². The third-order valence-corrected chi connectivity index (χ3v) is 5.73. The average molecular weight is 464 g/mol. The molecular weight excluding hydrogens is 442 g/mol. The van der Waals surface area contributed by atoms with Gasteiger partial charge in [-0.1, -0.05) is 23.4 Å². The maximum atomic E-state index is 13.6. The highest BCUT2D eigenvalue weighted by Gasteiger charge is 2.20. The van der Waals surface area contributed by atoms with Gasteiger partial charge < -0.3 is 14.3 Å². The Labute approximate surface area is 194 Å². The molecule has 0 N–H and O–H groups in total. The minimum Gasteiger partial charge on any atom is -0.322 e. The molecule has 3 heterocycles. The molecule has 2 aromatic carbocycles. The van der Waals surface area contributed by atoms with E-state index in [9.17, 15) is 13.6 Å². The van der Waals surface area contributed by atoms with Crippen molar-refractivity contribution in [3.05, 3.63) is 82.1 Å². The summed E-state index contributed by atoms with van der Waals surface area (Å²) in [6.07, 6.45) is 0. The molecule has 0 spiro atoms. The second-order valence-electron chi connectivity index (χ2n) is 8.26. The number of nitrogens with zero attached hydrogens (tertiary/aromatic N) is 6. The van der Waals surface area contributed by atoms with E-state index in [4.69, 9.17) is 4.52 Å². The van der Waals surface area contributed by atoms with E-state index in [1.54, 1.807) is 0 Å². The van der Waals surface area contributed by atoms with E-state index in [1.165, 1.54) is 28.9 Å². The number of piperazine rings is 1. The highest BCUT2D eigenvalue weighted by molar-refractivity contribution is 5.59. The molecule has 174 valence electrons. The van der Waals surface area contributed by atoms with Gasteiger partial charge in [-0.2, -0.15) is 10.1 Å². The van der Waals surface area contributed by atoms with Crippen LogP contribution in [0.15, 0.2) is 63.9 Å². The molecular formula is C24H22F2N6O2. The van der Waals surface area contributed by atoms with Crippen LogP contribution in [0.3, 0.4) is 0 Å². The summed E-state index contributed by atoms with van der Waals surface area (Å²) in [4.78, 5) is 21.2. The van der Waals surface area contributed by atoms with Gasteiger partial charge in [0.2, 0.25) is 5.82 Å². The Kier molecular flexibility index (Phi) is 5.89. The van der Waals surface area contributed by atoms with Gasteiger partial charge in [-0.3, -0.25) is 4.79 Å². The number of halogens is 2. The van der Waals surface area contributed by atoms with Crippen LogP contribution >= 0.6 is 0 Å². The summed E-state index contributed by atoms with van der Waals surface area (Å²) in [7, 11) is 2.08. The number of aromatic nitrogens is 4. The molecule has 1 aliphatic heterocycles. The normalized spacial score (nSPS) is 14.5. The summed E-state index contributed by atoms with van der Waals surface area (Å²) in [6, 6.07) is 13.8. The SMILES string of the molecule is CN1CCN(c2nc(-c3cccc(Cn4nc(-c5cc(F)cc(F)c5)ccc4=O)c3)no2)CC1. The summed E-state index contributed by atoms with van der Waals surface area (Å²) in [6.45, 7) is 3.66. The lowest BCUT2D eigenvalue weighted by atomic mass is 10.1. The Morgan fingerprint density at radius 3 is 2.47 bits per heavy atom. The van der Waals surface area contributed by atoms with Gasteiger partial charge in [0, 0.05) is 49.4 Å². The van der Waals surface area contributed by atoms with E-state index >= 15 is 0 Å². The van der Waals surface area contributed by atoms with E-state index < -0.39 is 11.6 Å². The molecule has 0 atom stereocenters. The van der Waals surface area contributed by atoms with Crippen LogP contribution in [0.25, 0.3) is 22.6 Å². The van der Waals surface area contributed by atoms with E-state index in [2.05, 4.69) is 32.1 Å². The second kappa shape index (κ2) is 9.14. The summed E-state index contributed by atoms with van der Waals surface area (Å²) in [5, 5.41) is 8.42. The van der Waals surface area contributed by atoms with Gasteiger partial charge in [-0.15, -0.1) is 0 Å². The van der Waals surface area contributed by atoms with Gasteiger partial charge in [-0.25, -0.2) is 13.5 Å². The molecule has 0 aliphatic carbocycles. The minimum atomic E-state index is -0.710. The van der Waals surface area contributed by atoms with Crippen LogP contribution in [0.5, 0.6) is 0 Å². The van der Waals surface area contributed by atoms with Gasteiger partial charge in [0.05, 0.1) is 12.2 Å². The molecule has 8 nitrogen and oxygen atoms in total. The molecule has 1 aliphatic rings.